The first-order valence-corrected chi connectivity index (χ1v) is 12.3. The van der Waals surface area contributed by atoms with Gasteiger partial charge in [-0.2, -0.15) is 0 Å². The number of aromatic nitrogens is 1. The Morgan fingerprint density at radius 3 is 2.53 bits per heavy atom. The molecule has 2 saturated heterocycles. The lowest BCUT2D eigenvalue weighted by Gasteiger charge is -2.47. The molecular weight excluding hydrogens is 447 g/mol. The van der Waals surface area contributed by atoms with E-state index in [1.165, 1.54) is 34.8 Å². The number of hydrogen-bond acceptors (Lipinski definition) is 6. The van der Waals surface area contributed by atoms with Gasteiger partial charge in [-0.05, 0) is 36.2 Å². The van der Waals surface area contributed by atoms with Crippen LogP contribution < -0.4 is 0 Å². The minimum absolute atomic E-state index is 0.00669. The van der Waals surface area contributed by atoms with E-state index in [0.717, 1.165) is 29.1 Å². The van der Waals surface area contributed by atoms with E-state index >= 15 is 0 Å². The fraction of sp³-hybridized carbons (Fsp3) is 0.348. The molecule has 0 radical (unpaired) electrons. The van der Waals surface area contributed by atoms with E-state index in [4.69, 9.17) is 0 Å². The summed E-state index contributed by atoms with van der Waals surface area (Å²) in [5.41, 5.74) is 1.71. The summed E-state index contributed by atoms with van der Waals surface area (Å²) in [5.74, 6) is -0.234. The lowest BCUT2D eigenvalue weighted by Crippen LogP contribution is -2.64. The molecule has 32 heavy (non-hydrogen) atoms. The van der Waals surface area contributed by atoms with Crippen molar-refractivity contribution in [3.8, 4) is 11.1 Å². The average Bonchev–Trinajstić information content (AvgIpc) is 3.43. The SMILES string of the molecule is Cc1sc(C(=O)N2CC(N3CCN(C(=O)c4nccs4)CC3)C2)cc1-c1cccc(F)c1. The van der Waals surface area contributed by atoms with Crippen molar-refractivity contribution in [3.63, 3.8) is 0 Å². The summed E-state index contributed by atoms with van der Waals surface area (Å²) >= 11 is 2.84. The van der Waals surface area contributed by atoms with Crippen molar-refractivity contribution in [3.05, 3.63) is 62.5 Å². The summed E-state index contributed by atoms with van der Waals surface area (Å²) < 4.78 is 13.6. The van der Waals surface area contributed by atoms with Gasteiger partial charge >= 0.3 is 0 Å². The zero-order chi connectivity index (χ0) is 22.2. The molecule has 0 unspecified atom stereocenters. The van der Waals surface area contributed by atoms with Gasteiger partial charge in [0.05, 0.1) is 4.88 Å². The summed E-state index contributed by atoms with van der Waals surface area (Å²) in [7, 11) is 0. The Hall–Kier alpha value is -2.62. The molecule has 3 aromatic rings. The largest absolute Gasteiger partial charge is 0.335 e. The molecule has 9 heteroatoms. The first kappa shape index (κ1) is 21.2. The van der Waals surface area contributed by atoms with E-state index in [1.807, 2.05) is 34.2 Å². The van der Waals surface area contributed by atoms with E-state index < -0.39 is 0 Å². The molecule has 0 bridgehead atoms. The van der Waals surface area contributed by atoms with Crippen LogP contribution in [0.15, 0.2) is 41.9 Å². The third kappa shape index (κ3) is 4.07. The number of benzene rings is 1. The summed E-state index contributed by atoms with van der Waals surface area (Å²) in [6.45, 7) is 6.36. The van der Waals surface area contributed by atoms with Gasteiger partial charge in [0.15, 0.2) is 5.01 Å². The molecule has 0 saturated carbocycles. The highest BCUT2D eigenvalue weighted by atomic mass is 32.1. The number of piperazine rings is 1. The molecule has 0 atom stereocenters. The van der Waals surface area contributed by atoms with E-state index in [0.29, 0.717) is 42.1 Å². The van der Waals surface area contributed by atoms with Crippen LogP contribution in [0.5, 0.6) is 0 Å². The predicted octanol–water partition coefficient (Wildman–Crippen LogP) is 3.60. The van der Waals surface area contributed by atoms with Gasteiger partial charge in [-0.15, -0.1) is 22.7 Å². The van der Waals surface area contributed by atoms with E-state index in [2.05, 4.69) is 9.88 Å². The summed E-state index contributed by atoms with van der Waals surface area (Å²) in [6.07, 6.45) is 1.66. The number of halogens is 1. The number of aryl methyl sites for hydroxylation is 1. The highest BCUT2D eigenvalue weighted by molar-refractivity contribution is 7.14. The number of likely N-dealkylation sites (tertiary alicyclic amines) is 1. The van der Waals surface area contributed by atoms with Crippen molar-refractivity contribution < 1.29 is 14.0 Å². The van der Waals surface area contributed by atoms with Crippen LogP contribution in [0.2, 0.25) is 0 Å². The third-order valence-electron chi connectivity index (χ3n) is 6.15. The van der Waals surface area contributed by atoms with Crippen LogP contribution in [0.4, 0.5) is 4.39 Å². The lowest BCUT2D eigenvalue weighted by molar-refractivity contribution is 0.00879. The first-order valence-electron chi connectivity index (χ1n) is 10.6. The van der Waals surface area contributed by atoms with E-state index in [-0.39, 0.29) is 17.6 Å². The molecule has 0 aliphatic carbocycles. The van der Waals surface area contributed by atoms with Crippen LogP contribution in [0.3, 0.4) is 0 Å². The molecule has 6 nitrogen and oxygen atoms in total. The van der Waals surface area contributed by atoms with Gasteiger partial charge in [0.25, 0.3) is 11.8 Å². The molecule has 2 aliphatic rings. The Morgan fingerprint density at radius 1 is 1.06 bits per heavy atom. The van der Waals surface area contributed by atoms with Gasteiger partial charge < -0.3 is 9.80 Å². The number of rotatable bonds is 4. The van der Waals surface area contributed by atoms with Crippen molar-refractivity contribution in [1.29, 1.82) is 0 Å². The molecule has 2 aromatic heterocycles. The van der Waals surface area contributed by atoms with Crippen LogP contribution in [0, 0.1) is 12.7 Å². The van der Waals surface area contributed by atoms with Crippen molar-refractivity contribution >= 4 is 34.5 Å². The smallest absolute Gasteiger partial charge is 0.282 e. The predicted molar refractivity (Wildman–Crippen MR) is 124 cm³/mol. The minimum atomic E-state index is -0.278. The molecule has 0 spiro atoms. The second kappa shape index (κ2) is 8.73. The van der Waals surface area contributed by atoms with Gasteiger partial charge in [-0.1, -0.05) is 12.1 Å². The molecule has 166 valence electrons. The Morgan fingerprint density at radius 2 is 1.84 bits per heavy atom. The minimum Gasteiger partial charge on any atom is -0.335 e. The molecule has 2 fully saturated rings. The number of thiophene rings is 1. The zero-order valence-corrected chi connectivity index (χ0v) is 19.3. The average molecular weight is 471 g/mol. The van der Waals surface area contributed by atoms with Crippen LogP contribution in [0.25, 0.3) is 11.1 Å². The lowest BCUT2D eigenvalue weighted by atomic mass is 10.0. The maximum absolute atomic E-state index is 13.6. The van der Waals surface area contributed by atoms with Gasteiger partial charge in [0.2, 0.25) is 0 Å². The van der Waals surface area contributed by atoms with E-state index in [9.17, 15) is 14.0 Å². The fourth-order valence-electron chi connectivity index (χ4n) is 4.29. The zero-order valence-electron chi connectivity index (χ0n) is 17.7. The second-order valence-corrected chi connectivity index (χ2v) is 10.3. The Labute approximate surface area is 193 Å². The monoisotopic (exact) mass is 470 g/mol. The molecule has 0 N–H and O–H groups in total. The van der Waals surface area contributed by atoms with Gasteiger partial charge in [0.1, 0.15) is 5.82 Å². The first-order chi connectivity index (χ1) is 15.5. The van der Waals surface area contributed by atoms with Crippen LogP contribution in [-0.2, 0) is 0 Å². The summed E-state index contributed by atoms with van der Waals surface area (Å²) in [4.78, 5) is 37.4. The van der Waals surface area contributed by atoms with Crippen molar-refractivity contribution in [1.82, 2.24) is 19.7 Å². The topological polar surface area (TPSA) is 56.8 Å². The van der Waals surface area contributed by atoms with Crippen molar-refractivity contribution in [2.75, 3.05) is 39.3 Å². The molecule has 4 heterocycles. The quantitative estimate of drug-likeness (QED) is 0.585. The number of thiazole rings is 1. The fourth-order valence-corrected chi connectivity index (χ4v) is 5.90. The summed E-state index contributed by atoms with van der Waals surface area (Å²) in [6, 6.07) is 8.69. The third-order valence-corrected chi connectivity index (χ3v) is 7.95. The highest BCUT2D eigenvalue weighted by Gasteiger charge is 2.37. The summed E-state index contributed by atoms with van der Waals surface area (Å²) in [5, 5.41) is 2.36. The Kier molecular flexibility index (Phi) is 5.79. The number of carbonyl (C=O) groups excluding carboxylic acids is 2. The number of carbonyl (C=O) groups is 2. The molecular formula is C23H23FN4O2S2. The Balaban J connectivity index is 1.16. The standard InChI is InChI=1S/C23H23FN4O2S2/c1-15-19(16-3-2-4-17(24)11-16)12-20(32-15)22(29)28-13-18(14-28)26-6-8-27(9-7-26)23(30)21-25-5-10-31-21/h2-5,10-12,18H,6-9,13-14H2,1H3. The highest BCUT2D eigenvalue weighted by Crippen LogP contribution is 2.33. The molecule has 1 aromatic carbocycles. The number of nitrogens with zero attached hydrogens (tertiary/aromatic N) is 4. The van der Waals surface area contributed by atoms with Gasteiger partial charge in [-0.3, -0.25) is 14.5 Å². The molecule has 5 rings (SSSR count). The van der Waals surface area contributed by atoms with Crippen LogP contribution in [-0.4, -0.2) is 76.8 Å². The van der Waals surface area contributed by atoms with Crippen molar-refractivity contribution in [2.45, 2.75) is 13.0 Å². The van der Waals surface area contributed by atoms with E-state index in [1.54, 1.807) is 12.3 Å². The molecule has 2 aliphatic heterocycles. The van der Waals surface area contributed by atoms with Gasteiger partial charge in [-0.25, -0.2) is 9.37 Å². The number of hydrogen-bond donors (Lipinski definition) is 0. The number of amides is 2. The van der Waals surface area contributed by atoms with Crippen LogP contribution >= 0.6 is 22.7 Å². The maximum Gasteiger partial charge on any atom is 0.282 e. The Bertz CT molecular complexity index is 1130. The maximum atomic E-state index is 13.6. The van der Waals surface area contributed by atoms with Crippen LogP contribution in [0.1, 0.15) is 24.4 Å². The second-order valence-electron chi connectivity index (χ2n) is 8.12. The van der Waals surface area contributed by atoms with Gasteiger partial charge in [0, 0.05) is 61.8 Å². The van der Waals surface area contributed by atoms with Crippen molar-refractivity contribution in [2.24, 2.45) is 0 Å². The molecule has 2 amide bonds. The normalized spacial score (nSPS) is 17.4.